The Labute approximate surface area is 109 Å². The zero-order chi connectivity index (χ0) is 13.9. The van der Waals surface area contributed by atoms with Gasteiger partial charge < -0.3 is 15.2 Å². The molecule has 0 unspecified atom stereocenters. The molecule has 0 spiro atoms. The number of aromatic nitrogens is 3. The highest BCUT2D eigenvalue weighted by Gasteiger charge is 2.41. The van der Waals surface area contributed by atoms with Crippen LogP contribution >= 0.6 is 0 Å². The number of aliphatic carboxylic acids is 1. The van der Waals surface area contributed by atoms with Crippen molar-refractivity contribution in [2.24, 2.45) is 7.05 Å². The van der Waals surface area contributed by atoms with Gasteiger partial charge in [-0.05, 0) is 0 Å². The second-order valence-corrected chi connectivity index (χ2v) is 4.29. The number of anilines is 1. The lowest BCUT2D eigenvalue weighted by atomic mass is 9.90. The molecule has 1 aliphatic rings. The molecule has 1 aromatic rings. The third-order valence-electron chi connectivity index (χ3n) is 3.05. The normalized spacial score (nSPS) is 17.7. The summed E-state index contributed by atoms with van der Waals surface area (Å²) in [6.45, 7) is 0.604. The van der Waals surface area contributed by atoms with Gasteiger partial charge in [-0.15, -0.1) is 0 Å². The standard InChI is InChI=1S/C10H15N5O4/c1-15-8(11-6-12-15)13-9(18)14-10(7(16)17)2-4-19-5-3-10/h6H,2-5H2,1H3,(H,16,17)(H2,11,12,13,14,18). The first-order valence-corrected chi connectivity index (χ1v) is 5.78. The Hall–Kier alpha value is -2.16. The van der Waals surface area contributed by atoms with Crippen molar-refractivity contribution in [2.75, 3.05) is 18.5 Å². The molecule has 104 valence electrons. The molecule has 9 nitrogen and oxygen atoms in total. The molecule has 0 saturated carbocycles. The first-order chi connectivity index (χ1) is 9.03. The molecule has 1 aromatic heterocycles. The maximum Gasteiger partial charge on any atom is 0.329 e. The van der Waals surface area contributed by atoms with Crippen LogP contribution in [0.5, 0.6) is 0 Å². The fourth-order valence-corrected chi connectivity index (χ4v) is 1.87. The van der Waals surface area contributed by atoms with E-state index in [0.29, 0.717) is 13.2 Å². The van der Waals surface area contributed by atoms with Crippen LogP contribution in [0.15, 0.2) is 6.33 Å². The van der Waals surface area contributed by atoms with Crippen LogP contribution < -0.4 is 10.6 Å². The van der Waals surface area contributed by atoms with Crippen LogP contribution in [-0.2, 0) is 16.6 Å². The number of urea groups is 1. The topological polar surface area (TPSA) is 118 Å². The van der Waals surface area contributed by atoms with E-state index < -0.39 is 17.5 Å². The lowest BCUT2D eigenvalue weighted by Crippen LogP contribution is -2.58. The van der Waals surface area contributed by atoms with E-state index in [9.17, 15) is 14.7 Å². The number of ether oxygens (including phenoxy) is 1. The van der Waals surface area contributed by atoms with Crippen molar-refractivity contribution in [3.05, 3.63) is 6.33 Å². The van der Waals surface area contributed by atoms with Gasteiger partial charge in [0.25, 0.3) is 0 Å². The Morgan fingerprint density at radius 1 is 1.47 bits per heavy atom. The minimum Gasteiger partial charge on any atom is -0.480 e. The lowest BCUT2D eigenvalue weighted by molar-refractivity contribution is -0.148. The molecule has 9 heteroatoms. The van der Waals surface area contributed by atoms with E-state index >= 15 is 0 Å². The maximum atomic E-state index is 11.8. The van der Waals surface area contributed by atoms with Crippen LogP contribution in [0.2, 0.25) is 0 Å². The van der Waals surface area contributed by atoms with Crippen molar-refractivity contribution in [1.82, 2.24) is 20.1 Å². The molecule has 0 atom stereocenters. The second-order valence-electron chi connectivity index (χ2n) is 4.29. The van der Waals surface area contributed by atoms with Gasteiger partial charge in [-0.25, -0.2) is 14.3 Å². The molecule has 3 N–H and O–H groups in total. The monoisotopic (exact) mass is 269 g/mol. The van der Waals surface area contributed by atoms with Gasteiger partial charge in [0.05, 0.1) is 0 Å². The van der Waals surface area contributed by atoms with E-state index in [4.69, 9.17) is 4.74 Å². The molecule has 1 aliphatic heterocycles. The summed E-state index contributed by atoms with van der Waals surface area (Å²) < 4.78 is 6.49. The van der Waals surface area contributed by atoms with Gasteiger partial charge in [-0.2, -0.15) is 10.1 Å². The van der Waals surface area contributed by atoms with Crippen LogP contribution in [-0.4, -0.2) is 50.6 Å². The largest absolute Gasteiger partial charge is 0.480 e. The van der Waals surface area contributed by atoms with Crippen molar-refractivity contribution in [3.63, 3.8) is 0 Å². The minimum atomic E-state index is -1.29. The molecule has 0 bridgehead atoms. The van der Waals surface area contributed by atoms with E-state index in [2.05, 4.69) is 20.7 Å². The van der Waals surface area contributed by atoms with Crippen LogP contribution in [0.3, 0.4) is 0 Å². The first-order valence-electron chi connectivity index (χ1n) is 5.78. The summed E-state index contributed by atoms with van der Waals surface area (Å²) in [5.41, 5.74) is -1.29. The molecule has 1 fully saturated rings. The average molecular weight is 269 g/mol. The van der Waals surface area contributed by atoms with Gasteiger partial charge >= 0.3 is 12.0 Å². The molecule has 2 amide bonds. The molecule has 2 rings (SSSR count). The molecule has 1 saturated heterocycles. The van der Waals surface area contributed by atoms with Crippen LogP contribution in [0.4, 0.5) is 10.7 Å². The number of nitrogens with zero attached hydrogens (tertiary/aromatic N) is 3. The highest BCUT2D eigenvalue weighted by Crippen LogP contribution is 2.21. The van der Waals surface area contributed by atoms with Gasteiger partial charge in [-0.1, -0.05) is 0 Å². The Bertz CT molecular complexity index is 480. The number of amides is 2. The molecule has 0 radical (unpaired) electrons. The summed E-state index contributed by atoms with van der Waals surface area (Å²) >= 11 is 0. The van der Waals surface area contributed by atoms with E-state index in [1.54, 1.807) is 7.05 Å². The van der Waals surface area contributed by atoms with E-state index in [1.807, 2.05) is 0 Å². The van der Waals surface area contributed by atoms with Gasteiger partial charge in [0, 0.05) is 33.1 Å². The molecule has 2 heterocycles. The first kappa shape index (κ1) is 13.3. The maximum absolute atomic E-state index is 11.8. The Morgan fingerprint density at radius 2 is 2.16 bits per heavy atom. The summed E-state index contributed by atoms with van der Waals surface area (Å²) in [7, 11) is 1.62. The highest BCUT2D eigenvalue weighted by molar-refractivity contribution is 5.92. The number of carboxylic acid groups (broad SMARTS) is 1. The minimum absolute atomic E-state index is 0.231. The average Bonchev–Trinajstić information content (AvgIpc) is 2.76. The van der Waals surface area contributed by atoms with Gasteiger partial charge in [0.15, 0.2) is 0 Å². The predicted octanol–water partition coefficient (Wildman–Crippen LogP) is -0.430. The molecule has 0 aromatic carbocycles. The number of hydrogen-bond donors (Lipinski definition) is 3. The third kappa shape index (κ3) is 2.81. The predicted molar refractivity (Wildman–Crippen MR) is 63.6 cm³/mol. The zero-order valence-corrected chi connectivity index (χ0v) is 10.4. The number of carbonyl (C=O) groups excluding carboxylic acids is 1. The third-order valence-corrected chi connectivity index (χ3v) is 3.05. The van der Waals surface area contributed by atoms with Gasteiger partial charge in [-0.3, -0.25) is 5.32 Å². The van der Waals surface area contributed by atoms with Gasteiger partial charge in [0.1, 0.15) is 11.9 Å². The fraction of sp³-hybridized carbons (Fsp3) is 0.600. The number of hydrogen-bond acceptors (Lipinski definition) is 5. The van der Waals surface area contributed by atoms with Crippen LogP contribution in [0.25, 0.3) is 0 Å². The second kappa shape index (κ2) is 5.22. The number of nitrogens with one attached hydrogen (secondary N) is 2. The van der Waals surface area contributed by atoms with Crippen molar-refractivity contribution in [1.29, 1.82) is 0 Å². The van der Waals surface area contributed by atoms with Crippen molar-refractivity contribution >= 4 is 17.9 Å². The summed E-state index contributed by atoms with van der Waals surface area (Å²) in [5.74, 6) is -0.825. The van der Waals surface area contributed by atoms with Crippen molar-refractivity contribution < 1.29 is 19.4 Å². The Morgan fingerprint density at radius 3 is 2.68 bits per heavy atom. The van der Waals surface area contributed by atoms with Crippen LogP contribution in [0, 0.1) is 0 Å². The Kier molecular flexibility index (Phi) is 3.65. The van der Waals surface area contributed by atoms with Gasteiger partial charge in [0.2, 0.25) is 5.95 Å². The van der Waals surface area contributed by atoms with Crippen LogP contribution in [0.1, 0.15) is 12.8 Å². The summed E-state index contributed by atoms with van der Waals surface area (Å²) in [6, 6.07) is -0.625. The molecular formula is C10H15N5O4. The molecular weight excluding hydrogens is 254 g/mol. The molecule has 19 heavy (non-hydrogen) atoms. The van der Waals surface area contributed by atoms with E-state index in [1.165, 1.54) is 11.0 Å². The number of carboxylic acids is 1. The fourth-order valence-electron chi connectivity index (χ4n) is 1.87. The summed E-state index contributed by atoms with van der Waals surface area (Å²) in [4.78, 5) is 27.0. The summed E-state index contributed by atoms with van der Waals surface area (Å²) in [5, 5.41) is 18.0. The van der Waals surface area contributed by atoms with Crippen molar-refractivity contribution in [3.8, 4) is 0 Å². The number of carbonyl (C=O) groups is 2. The van der Waals surface area contributed by atoms with E-state index in [0.717, 1.165) is 0 Å². The lowest BCUT2D eigenvalue weighted by Gasteiger charge is -2.33. The number of rotatable bonds is 3. The quantitative estimate of drug-likeness (QED) is 0.685. The summed E-state index contributed by atoms with van der Waals surface area (Å²) in [6.07, 6.45) is 1.75. The highest BCUT2D eigenvalue weighted by atomic mass is 16.5. The number of aryl methyl sites for hydroxylation is 1. The molecule has 0 aliphatic carbocycles. The smallest absolute Gasteiger partial charge is 0.329 e. The van der Waals surface area contributed by atoms with Crippen molar-refractivity contribution in [2.45, 2.75) is 18.4 Å². The van der Waals surface area contributed by atoms with E-state index in [-0.39, 0.29) is 18.8 Å². The SMILES string of the molecule is Cn1ncnc1NC(=O)NC1(C(=O)O)CCOCC1. The Balaban J connectivity index is 2.03. The zero-order valence-electron chi connectivity index (χ0n) is 10.4.